The lowest BCUT2D eigenvalue weighted by atomic mass is 10.0. The van der Waals surface area contributed by atoms with Crippen LogP contribution in [0.5, 0.6) is 0 Å². The summed E-state index contributed by atoms with van der Waals surface area (Å²) in [5.41, 5.74) is 1.70. The van der Waals surface area contributed by atoms with E-state index in [-0.39, 0.29) is 22.5 Å². The zero-order valence-corrected chi connectivity index (χ0v) is 13.7. The molecule has 5 heteroatoms. The molecule has 122 valence electrons. The maximum Gasteiger partial charge on any atom is 0.280 e. The Labute approximate surface area is 139 Å². The van der Waals surface area contributed by atoms with Gasteiger partial charge in [-0.3, -0.25) is 14.4 Å². The van der Waals surface area contributed by atoms with Crippen LogP contribution < -0.4 is 5.43 Å². The monoisotopic (exact) mass is 323 g/mol. The number of rotatable bonds is 3. The fourth-order valence-electron chi connectivity index (χ4n) is 2.60. The van der Waals surface area contributed by atoms with Crippen LogP contribution in [-0.4, -0.2) is 25.1 Å². The van der Waals surface area contributed by atoms with Gasteiger partial charge < -0.3 is 4.42 Å². The molecule has 0 radical (unpaired) electrons. The minimum atomic E-state index is -0.380. The van der Waals surface area contributed by atoms with Gasteiger partial charge in [0.05, 0.1) is 18.1 Å². The summed E-state index contributed by atoms with van der Waals surface area (Å²) >= 11 is 0. The van der Waals surface area contributed by atoms with Crippen LogP contribution in [0, 0.1) is 6.92 Å². The Bertz CT molecular complexity index is 960. The number of benzene rings is 2. The lowest BCUT2D eigenvalue weighted by molar-refractivity contribution is -0.0756. The number of hydrogen-bond acceptors (Lipinski definition) is 4. The molecule has 2 aromatic carbocycles. The first kappa shape index (κ1) is 16.0. The van der Waals surface area contributed by atoms with Gasteiger partial charge in [0, 0.05) is 18.2 Å². The molecule has 0 N–H and O–H groups in total. The molecule has 3 rings (SSSR count). The zero-order chi connectivity index (χ0) is 17.3. The van der Waals surface area contributed by atoms with Gasteiger partial charge in [-0.1, -0.05) is 36.4 Å². The van der Waals surface area contributed by atoms with Gasteiger partial charge in [-0.2, -0.15) is 0 Å². The van der Waals surface area contributed by atoms with Crippen molar-refractivity contribution in [1.29, 1.82) is 0 Å². The highest BCUT2D eigenvalue weighted by Gasteiger charge is 2.20. The van der Waals surface area contributed by atoms with Crippen molar-refractivity contribution < 1.29 is 14.0 Å². The van der Waals surface area contributed by atoms with Crippen molar-refractivity contribution in [3.63, 3.8) is 0 Å². The van der Waals surface area contributed by atoms with Gasteiger partial charge in [-0.25, -0.2) is 5.06 Å². The predicted molar refractivity (Wildman–Crippen MR) is 91.8 cm³/mol. The first-order valence-corrected chi connectivity index (χ1v) is 7.48. The second kappa shape index (κ2) is 6.29. The third-order valence-corrected chi connectivity index (χ3v) is 3.97. The maximum absolute atomic E-state index is 12.7. The van der Waals surface area contributed by atoms with E-state index in [9.17, 15) is 9.59 Å². The Kier molecular flexibility index (Phi) is 4.18. The molecule has 1 aromatic heterocycles. The van der Waals surface area contributed by atoms with Crippen molar-refractivity contribution in [2.24, 2.45) is 0 Å². The summed E-state index contributed by atoms with van der Waals surface area (Å²) < 4.78 is 6.00. The Balaban J connectivity index is 2.33. The van der Waals surface area contributed by atoms with Crippen LogP contribution in [0.3, 0.4) is 0 Å². The van der Waals surface area contributed by atoms with E-state index in [2.05, 4.69) is 0 Å². The molecule has 3 aromatic rings. The number of carbonyl (C=O) groups excluding carboxylic acids is 1. The van der Waals surface area contributed by atoms with Crippen molar-refractivity contribution in [1.82, 2.24) is 5.06 Å². The van der Waals surface area contributed by atoms with Gasteiger partial charge >= 0.3 is 0 Å². The largest absolute Gasteiger partial charge is 0.455 e. The molecule has 0 bridgehead atoms. The number of hydrogen-bond donors (Lipinski definition) is 0. The van der Waals surface area contributed by atoms with Gasteiger partial charge in [-0.15, -0.1) is 0 Å². The molecule has 0 unspecified atom stereocenters. The zero-order valence-electron chi connectivity index (χ0n) is 13.7. The van der Waals surface area contributed by atoms with Crippen LogP contribution in [-0.2, 0) is 4.84 Å². The topological polar surface area (TPSA) is 59.8 Å². The molecule has 1 amide bonds. The minimum absolute atomic E-state index is 0.148. The predicted octanol–water partition coefficient (Wildman–Crippen LogP) is 3.40. The third kappa shape index (κ3) is 2.59. The van der Waals surface area contributed by atoms with Crippen molar-refractivity contribution in [2.75, 3.05) is 14.2 Å². The van der Waals surface area contributed by atoms with Crippen LogP contribution in [0.25, 0.3) is 22.3 Å². The minimum Gasteiger partial charge on any atom is -0.455 e. The van der Waals surface area contributed by atoms with E-state index in [0.717, 1.165) is 10.6 Å². The molecule has 0 spiro atoms. The molecule has 24 heavy (non-hydrogen) atoms. The van der Waals surface area contributed by atoms with Crippen molar-refractivity contribution in [3.8, 4) is 11.3 Å². The van der Waals surface area contributed by atoms with E-state index >= 15 is 0 Å². The van der Waals surface area contributed by atoms with Crippen molar-refractivity contribution in [2.45, 2.75) is 6.92 Å². The SMILES string of the molecule is CON(C)C(=O)c1cccc2c(=O)c(C)c(-c3ccccc3)oc12. The lowest BCUT2D eigenvalue weighted by Crippen LogP contribution is -2.26. The quantitative estimate of drug-likeness (QED) is 0.693. The highest BCUT2D eigenvalue weighted by Crippen LogP contribution is 2.27. The molecule has 0 saturated carbocycles. The first-order valence-electron chi connectivity index (χ1n) is 7.48. The second-order valence-electron chi connectivity index (χ2n) is 5.42. The van der Waals surface area contributed by atoms with E-state index in [4.69, 9.17) is 9.25 Å². The first-order chi connectivity index (χ1) is 11.5. The van der Waals surface area contributed by atoms with Gasteiger partial charge in [0.1, 0.15) is 5.76 Å². The Morgan fingerprint density at radius 2 is 1.79 bits per heavy atom. The number of hydroxylamine groups is 2. The van der Waals surface area contributed by atoms with Crippen LogP contribution in [0.1, 0.15) is 15.9 Å². The molecule has 5 nitrogen and oxygen atoms in total. The smallest absolute Gasteiger partial charge is 0.280 e. The summed E-state index contributed by atoms with van der Waals surface area (Å²) in [6.07, 6.45) is 0. The molecule has 1 heterocycles. The average molecular weight is 323 g/mol. The van der Waals surface area contributed by atoms with Crippen molar-refractivity contribution >= 4 is 16.9 Å². The van der Waals surface area contributed by atoms with Gasteiger partial charge in [-0.05, 0) is 19.1 Å². The summed E-state index contributed by atoms with van der Waals surface area (Å²) in [6.45, 7) is 1.73. The van der Waals surface area contributed by atoms with Gasteiger partial charge in [0.2, 0.25) is 0 Å². The Morgan fingerprint density at radius 3 is 2.46 bits per heavy atom. The normalized spacial score (nSPS) is 10.8. The van der Waals surface area contributed by atoms with E-state index in [0.29, 0.717) is 16.7 Å². The maximum atomic E-state index is 12.7. The molecule has 0 atom stereocenters. The standard InChI is InChI=1S/C19H17NO4/c1-12-16(21)14-10-7-11-15(19(22)20(2)23-3)18(14)24-17(12)13-8-5-4-6-9-13/h4-11H,1-3H3. The summed E-state index contributed by atoms with van der Waals surface area (Å²) in [5, 5.41) is 1.47. The highest BCUT2D eigenvalue weighted by atomic mass is 16.7. The fraction of sp³-hybridized carbons (Fsp3) is 0.158. The number of para-hydroxylation sites is 1. The third-order valence-electron chi connectivity index (χ3n) is 3.97. The molecule has 0 aliphatic rings. The summed E-state index contributed by atoms with van der Waals surface area (Å²) in [4.78, 5) is 30.1. The summed E-state index contributed by atoms with van der Waals surface area (Å²) in [6, 6.07) is 14.3. The van der Waals surface area contributed by atoms with Crippen LogP contribution in [0.2, 0.25) is 0 Å². The highest BCUT2D eigenvalue weighted by molar-refractivity contribution is 6.04. The van der Waals surface area contributed by atoms with E-state index < -0.39 is 0 Å². The van der Waals surface area contributed by atoms with Gasteiger partial charge in [0.15, 0.2) is 11.0 Å². The second-order valence-corrected chi connectivity index (χ2v) is 5.42. The van der Waals surface area contributed by atoms with Crippen LogP contribution in [0.15, 0.2) is 57.7 Å². The molecule has 0 fully saturated rings. The lowest BCUT2D eigenvalue weighted by Gasteiger charge is -2.15. The van der Waals surface area contributed by atoms with Crippen molar-refractivity contribution in [3.05, 3.63) is 69.9 Å². The number of nitrogens with zero attached hydrogens (tertiary/aromatic N) is 1. The molecule has 0 saturated heterocycles. The number of carbonyl (C=O) groups is 1. The van der Waals surface area contributed by atoms with E-state index in [1.54, 1.807) is 25.1 Å². The fourth-order valence-corrected chi connectivity index (χ4v) is 2.60. The van der Waals surface area contributed by atoms with Crippen LogP contribution >= 0.6 is 0 Å². The van der Waals surface area contributed by atoms with Crippen LogP contribution in [0.4, 0.5) is 0 Å². The van der Waals surface area contributed by atoms with Gasteiger partial charge in [0.25, 0.3) is 5.91 Å². The summed E-state index contributed by atoms with van der Waals surface area (Å²) in [7, 11) is 2.91. The molecular weight excluding hydrogens is 306 g/mol. The van der Waals surface area contributed by atoms with E-state index in [1.165, 1.54) is 14.2 Å². The Morgan fingerprint density at radius 1 is 1.08 bits per heavy atom. The average Bonchev–Trinajstić information content (AvgIpc) is 2.63. The Hall–Kier alpha value is -2.92. The number of fused-ring (bicyclic) bond motifs is 1. The number of amides is 1. The molecule has 0 aliphatic heterocycles. The van der Waals surface area contributed by atoms with E-state index in [1.807, 2.05) is 30.3 Å². The molecule has 0 aliphatic carbocycles. The summed E-state index contributed by atoms with van der Waals surface area (Å²) in [5.74, 6) is 0.0857. The molecular formula is C19H17NO4.